The standard InChI is InChI=1S/C23H24FNO4S/c1-16-5-4-6-17(2)23(16)28-15-18(3)25-30(26,27)22-13-11-21(12-14-22)29-20-9-7-19(24)8-10-20/h4-14,18,25H,15H2,1-3H3. The number of nitrogens with one attached hydrogen (secondary N) is 1. The zero-order valence-corrected chi connectivity index (χ0v) is 17.9. The van der Waals surface area contributed by atoms with Gasteiger partial charge in [0, 0.05) is 0 Å². The second-order valence-electron chi connectivity index (χ2n) is 7.08. The van der Waals surface area contributed by atoms with Gasteiger partial charge in [-0.05, 0) is 80.4 Å². The van der Waals surface area contributed by atoms with Crippen molar-refractivity contribution in [1.82, 2.24) is 4.72 Å². The Morgan fingerprint density at radius 3 is 2.00 bits per heavy atom. The highest BCUT2D eigenvalue weighted by molar-refractivity contribution is 7.89. The quantitative estimate of drug-likeness (QED) is 0.548. The first-order chi connectivity index (χ1) is 14.2. The normalized spacial score (nSPS) is 12.4. The minimum atomic E-state index is -3.71. The molecule has 0 bridgehead atoms. The summed E-state index contributed by atoms with van der Waals surface area (Å²) in [5, 5.41) is 0. The van der Waals surface area contributed by atoms with Crippen LogP contribution in [0.25, 0.3) is 0 Å². The number of benzene rings is 3. The van der Waals surface area contributed by atoms with E-state index in [0.717, 1.165) is 16.9 Å². The minimum Gasteiger partial charge on any atom is -0.491 e. The lowest BCUT2D eigenvalue weighted by Gasteiger charge is -2.17. The van der Waals surface area contributed by atoms with Crippen molar-refractivity contribution in [2.45, 2.75) is 31.7 Å². The van der Waals surface area contributed by atoms with Gasteiger partial charge in [-0.2, -0.15) is 0 Å². The summed E-state index contributed by atoms with van der Waals surface area (Å²) >= 11 is 0. The predicted molar refractivity (Wildman–Crippen MR) is 114 cm³/mol. The summed E-state index contributed by atoms with van der Waals surface area (Å²) in [5.41, 5.74) is 2.00. The van der Waals surface area contributed by atoms with Crippen LogP contribution in [-0.2, 0) is 10.0 Å². The van der Waals surface area contributed by atoms with Gasteiger partial charge in [-0.1, -0.05) is 18.2 Å². The van der Waals surface area contributed by atoms with Crippen LogP contribution in [-0.4, -0.2) is 21.1 Å². The fourth-order valence-corrected chi connectivity index (χ4v) is 4.16. The molecule has 5 nitrogen and oxygen atoms in total. The van der Waals surface area contributed by atoms with E-state index in [1.807, 2.05) is 32.0 Å². The fourth-order valence-electron chi connectivity index (χ4n) is 2.93. The number of aryl methyl sites for hydroxylation is 2. The second-order valence-corrected chi connectivity index (χ2v) is 8.80. The van der Waals surface area contributed by atoms with Crippen molar-refractivity contribution in [3.63, 3.8) is 0 Å². The van der Waals surface area contributed by atoms with Crippen LogP contribution in [0.2, 0.25) is 0 Å². The first-order valence-corrected chi connectivity index (χ1v) is 11.0. The smallest absolute Gasteiger partial charge is 0.240 e. The molecule has 0 fully saturated rings. The van der Waals surface area contributed by atoms with Crippen LogP contribution in [0.5, 0.6) is 17.2 Å². The van der Waals surface area contributed by atoms with Gasteiger partial charge in [-0.25, -0.2) is 17.5 Å². The topological polar surface area (TPSA) is 64.6 Å². The summed E-state index contributed by atoms with van der Waals surface area (Å²) in [7, 11) is -3.71. The van der Waals surface area contributed by atoms with E-state index in [2.05, 4.69) is 4.72 Å². The molecule has 3 rings (SSSR count). The van der Waals surface area contributed by atoms with Crippen molar-refractivity contribution < 1.29 is 22.3 Å². The third-order valence-electron chi connectivity index (χ3n) is 4.43. The zero-order valence-electron chi connectivity index (χ0n) is 17.1. The SMILES string of the molecule is Cc1cccc(C)c1OCC(C)NS(=O)(=O)c1ccc(Oc2ccc(F)cc2)cc1. The van der Waals surface area contributed by atoms with Gasteiger partial charge < -0.3 is 9.47 Å². The highest BCUT2D eigenvalue weighted by Crippen LogP contribution is 2.24. The predicted octanol–water partition coefficient (Wildman–Crippen LogP) is 4.98. The lowest BCUT2D eigenvalue weighted by Crippen LogP contribution is -2.36. The second kappa shape index (κ2) is 9.28. The molecule has 0 aliphatic heterocycles. The maximum atomic E-state index is 13.0. The highest BCUT2D eigenvalue weighted by Gasteiger charge is 2.18. The summed E-state index contributed by atoms with van der Waals surface area (Å²) in [6, 6.07) is 17.0. The van der Waals surface area contributed by atoms with Crippen molar-refractivity contribution in [3.8, 4) is 17.2 Å². The van der Waals surface area contributed by atoms with Gasteiger partial charge in [-0.3, -0.25) is 0 Å². The number of hydrogen-bond donors (Lipinski definition) is 1. The molecule has 0 aliphatic carbocycles. The Hall–Kier alpha value is -2.90. The van der Waals surface area contributed by atoms with E-state index < -0.39 is 16.1 Å². The van der Waals surface area contributed by atoms with Crippen LogP contribution >= 0.6 is 0 Å². The van der Waals surface area contributed by atoms with Crippen LogP contribution in [0, 0.1) is 19.7 Å². The molecule has 30 heavy (non-hydrogen) atoms. The largest absolute Gasteiger partial charge is 0.491 e. The van der Waals surface area contributed by atoms with E-state index >= 15 is 0 Å². The average molecular weight is 430 g/mol. The van der Waals surface area contributed by atoms with E-state index in [-0.39, 0.29) is 17.3 Å². The number of ether oxygens (including phenoxy) is 2. The van der Waals surface area contributed by atoms with Gasteiger partial charge in [0.2, 0.25) is 10.0 Å². The first kappa shape index (κ1) is 21.8. The first-order valence-electron chi connectivity index (χ1n) is 9.49. The molecule has 3 aromatic rings. The summed E-state index contributed by atoms with van der Waals surface area (Å²) in [4.78, 5) is 0.118. The Labute approximate surface area is 176 Å². The molecule has 0 radical (unpaired) electrons. The van der Waals surface area contributed by atoms with Crippen LogP contribution in [0.3, 0.4) is 0 Å². The molecule has 3 aromatic carbocycles. The molecule has 0 amide bonds. The van der Waals surface area contributed by atoms with Crippen molar-refractivity contribution in [2.75, 3.05) is 6.61 Å². The van der Waals surface area contributed by atoms with Gasteiger partial charge in [0.1, 0.15) is 29.7 Å². The third kappa shape index (κ3) is 5.58. The van der Waals surface area contributed by atoms with Crippen LogP contribution < -0.4 is 14.2 Å². The van der Waals surface area contributed by atoms with Gasteiger partial charge in [0.25, 0.3) is 0 Å². The fraction of sp³-hybridized carbons (Fsp3) is 0.217. The third-order valence-corrected chi connectivity index (χ3v) is 6.03. The molecule has 0 saturated carbocycles. The lowest BCUT2D eigenvalue weighted by molar-refractivity contribution is 0.284. The summed E-state index contributed by atoms with van der Waals surface area (Å²) in [6.45, 7) is 5.85. The Morgan fingerprint density at radius 2 is 1.43 bits per heavy atom. The molecule has 0 spiro atoms. The monoisotopic (exact) mass is 429 g/mol. The van der Waals surface area contributed by atoms with Crippen molar-refractivity contribution in [2.24, 2.45) is 0 Å². The maximum Gasteiger partial charge on any atom is 0.240 e. The molecule has 1 atom stereocenters. The van der Waals surface area contributed by atoms with Crippen molar-refractivity contribution in [3.05, 3.63) is 83.7 Å². The summed E-state index contributed by atoms with van der Waals surface area (Å²) < 4.78 is 52.3. The van der Waals surface area contributed by atoms with Gasteiger partial charge in [0.05, 0.1) is 10.9 Å². The Kier molecular flexibility index (Phi) is 6.74. The Balaban J connectivity index is 1.61. The van der Waals surface area contributed by atoms with E-state index in [1.165, 1.54) is 36.4 Å². The summed E-state index contributed by atoms with van der Waals surface area (Å²) in [6.07, 6.45) is 0. The Morgan fingerprint density at radius 1 is 0.900 bits per heavy atom. The number of halogens is 1. The number of para-hydroxylation sites is 1. The molecule has 0 heterocycles. The Bertz CT molecular complexity index is 1080. The van der Waals surface area contributed by atoms with Crippen molar-refractivity contribution >= 4 is 10.0 Å². The van der Waals surface area contributed by atoms with Crippen LogP contribution in [0.4, 0.5) is 4.39 Å². The molecule has 1 N–H and O–H groups in total. The molecule has 0 aromatic heterocycles. The van der Waals surface area contributed by atoms with E-state index in [1.54, 1.807) is 19.1 Å². The highest BCUT2D eigenvalue weighted by atomic mass is 32.2. The van der Waals surface area contributed by atoms with E-state index in [0.29, 0.717) is 11.5 Å². The maximum absolute atomic E-state index is 13.0. The summed E-state index contributed by atoms with van der Waals surface area (Å²) in [5.74, 6) is 1.32. The van der Waals surface area contributed by atoms with Gasteiger partial charge >= 0.3 is 0 Å². The van der Waals surface area contributed by atoms with Gasteiger partial charge in [0.15, 0.2) is 0 Å². The molecular formula is C23H24FNO4S. The molecule has 0 saturated heterocycles. The van der Waals surface area contributed by atoms with Crippen molar-refractivity contribution in [1.29, 1.82) is 0 Å². The number of sulfonamides is 1. The number of rotatable bonds is 8. The molecule has 0 aliphatic rings. The average Bonchev–Trinajstić information content (AvgIpc) is 2.69. The van der Waals surface area contributed by atoms with Crippen LogP contribution in [0.15, 0.2) is 71.6 Å². The van der Waals surface area contributed by atoms with E-state index in [9.17, 15) is 12.8 Å². The minimum absolute atomic E-state index is 0.118. The molecular weight excluding hydrogens is 405 g/mol. The van der Waals surface area contributed by atoms with Gasteiger partial charge in [-0.15, -0.1) is 0 Å². The van der Waals surface area contributed by atoms with Crippen LogP contribution in [0.1, 0.15) is 18.1 Å². The van der Waals surface area contributed by atoms with E-state index in [4.69, 9.17) is 9.47 Å². The molecule has 7 heteroatoms. The number of hydrogen-bond acceptors (Lipinski definition) is 4. The lowest BCUT2D eigenvalue weighted by atomic mass is 10.1. The molecule has 158 valence electrons. The zero-order chi connectivity index (χ0) is 21.7. The molecule has 1 unspecified atom stereocenters.